The quantitative estimate of drug-likeness (QED) is 0.863. The van der Waals surface area contributed by atoms with Gasteiger partial charge in [0.25, 0.3) is 0 Å². The van der Waals surface area contributed by atoms with Crippen LogP contribution in [0.3, 0.4) is 0 Å². The van der Waals surface area contributed by atoms with Gasteiger partial charge in [-0.05, 0) is 37.5 Å². The maximum atomic E-state index is 12.2. The molecule has 5 heteroatoms. The van der Waals surface area contributed by atoms with E-state index in [9.17, 15) is 4.79 Å². The molecule has 110 valence electrons. The van der Waals surface area contributed by atoms with Crippen LogP contribution in [-0.2, 0) is 17.8 Å². The molecule has 1 amide bonds. The third-order valence-corrected chi connectivity index (χ3v) is 4.91. The van der Waals surface area contributed by atoms with E-state index < -0.39 is 0 Å². The van der Waals surface area contributed by atoms with Crippen LogP contribution in [0.1, 0.15) is 17.5 Å². The van der Waals surface area contributed by atoms with Crippen molar-refractivity contribution in [2.45, 2.75) is 36.5 Å². The third kappa shape index (κ3) is 3.47. The van der Waals surface area contributed by atoms with Crippen LogP contribution in [0, 0.1) is 6.92 Å². The zero-order chi connectivity index (χ0) is 14.7. The minimum absolute atomic E-state index is 0.0199. The van der Waals surface area contributed by atoms with Gasteiger partial charge < -0.3 is 5.32 Å². The van der Waals surface area contributed by atoms with E-state index in [0.717, 1.165) is 19.4 Å². The standard InChI is InChI=1S/C16H19N3OS/c1-12-4-5-13-11-15(21-14(13)10-12)16(20)17-6-2-8-19-9-3-7-18-19/h3-5,7,9-10,15H,2,6,8,11H2,1H3,(H,17,20). The predicted molar refractivity (Wildman–Crippen MR) is 84.4 cm³/mol. The van der Waals surface area contributed by atoms with Crippen LogP contribution in [0.5, 0.6) is 0 Å². The third-order valence-electron chi connectivity index (χ3n) is 3.61. The Bertz CT molecular complexity index is 624. The fraction of sp³-hybridized carbons (Fsp3) is 0.375. The zero-order valence-electron chi connectivity index (χ0n) is 12.1. The van der Waals surface area contributed by atoms with E-state index in [1.807, 2.05) is 16.9 Å². The molecular weight excluding hydrogens is 282 g/mol. The number of nitrogens with one attached hydrogen (secondary N) is 1. The average molecular weight is 301 g/mol. The molecule has 1 N–H and O–H groups in total. The highest BCUT2D eigenvalue weighted by Gasteiger charge is 2.27. The van der Waals surface area contributed by atoms with Crippen molar-refractivity contribution in [3.63, 3.8) is 0 Å². The van der Waals surface area contributed by atoms with Crippen molar-refractivity contribution in [1.29, 1.82) is 0 Å². The van der Waals surface area contributed by atoms with Gasteiger partial charge in [-0.25, -0.2) is 0 Å². The van der Waals surface area contributed by atoms with Gasteiger partial charge in [-0.1, -0.05) is 17.7 Å². The van der Waals surface area contributed by atoms with Gasteiger partial charge in [-0.2, -0.15) is 5.10 Å². The predicted octanol–water partition coefficient (Wildman–Crippen LogP) is 2.41. The normalized spacial score (nSPS) is 16.7. The Kier molecular flexibility index (Phi) is 4.29. The molecule has 1 aromatic carbocycles. The van der Waals surface area contributed by atoms with E-state index in [2.05, 4.69) is 35.5 Å². The van der Waals surface area contributed by atoms with Crippen LogP contribution in [-0.4, -0.2) is 27.5 Å². The van der Waals surface area contributed by atoms with E-state index in [1.165, 1.54) is 16.0 Å². The van der Waals surface area contributed by atoms with Gasteiger partial charge in [-0.15, -0.1) is 11.8 Å². The topological polar surface area (TPSA) is 46.9 Å². The smallest absolute Gasteiger partial charge is 0.233 e. The number of hydrogen-bond acceptors (Lipinski definition) is 3. The molecule has 2 heterocycles. The van der Waals surface area contributed by atoms with Gasteiger partial charge in [0, 0.05) is 30.4 Å². The second-order valence-corrected chi connectivity index (χ2v) is 6.58. The fourth-order valence-electron chi connectivity index (χ4n) is 2.48. The Morgan fingerprint density at radius 3 is 3.24 bits per heavy atom. The Balaban J connectivity index is 1.45. The number of amides is 1. The average Bonchev–Trinajstić information content (AvgIpc) is 3.11. The largest absolute Gasteiger partial charge is 0.355 e. The molecule has 1 atom stereocenters. The SMILES string of the molecule is Cc1ccc2c(c1)SC(C(=O)NCCCn1cccn1)C2. The van der Waals surface area contributed by atoms with Gasteiger partial charge in [0.2, 0.25) is 5.91 Å². The monoisotopic (exact) mass is 301 g/mol. The van der Waals surface area contributed by atoms with E-state index >= 15 is 0 Å². The van der Waals surface area contributed by atoms with Gasteiger partial charge in [0.1, 0.15) is 0 Å². The number of aromatic nitrogens is 2. The molecule has 3 rings (SSSR count). The molecule has 21 heavy (non-hydrogen) atoms. The minimum atomic E-state index is 0.0199. The molecule has 2 aromatic rings. The van der Waals surface area contributed by atoms with Gasteiger partial charge in [-0.3, -0.25) is 9.48 Å². The molecule has 0 aliphatic carbocycles. The lowest BCUT2D eigenvalue weighted by Crippen LogP contribution is -2.33. The van der Waals surface area contributed by atoms with Crippen molar-refractivity contribution in [3.8, 4) is 0 Å². The molecule has 1 aliphatic rings. The lowest BCUT2D eigenvalue weighted by molar-refractivity contribution is -0.120. The molecule has 1 unspecified atom stereocenters. The van der Waals surface area contributed by atoms with Crippen molar-refractivity contribution in [2.75, 3.05) is 6.54 Å². The number of rotatable bonds is 5. The maximum absolute atomic E-state index is 12.2. The van der Waals surface area contributed by atoms with Crippen molar-refractivity contribution in [2.24, 2.45) is 0 Å². The summed E-state index contributed by atoms with van der Waals surface area (Å²) in [4.78, 5) is 13.5. The van der Waals surface area contributed by atoms with E-state index in [0.29, 0.717) is 6.54 Å². The zero-order valence-corrected chi connectivity index (χ0v) is 12.9. The molecule has 0 fully saturated rings. The van der Waals surface area contributed by atoms with Crippen LogP contribution in [0.4, 0.5) is 0 Å². The number of carbonyl (C=O) groups excluding carboxylic acids is 1. The van der Waals surface area contributed by atoms with E-state index in [1.54, 1.807) is 18.0 Å². The molecule has 0 saturated heterocycles. The van der Waals surface area contributed by atoms with Crippen molar-refractivity contribution < 1.29 is 4.79 Å². The summed E-state index contributed by atoms with van der Waals surface area (Å²) in [6.07, 6.45) is 5.45. The minimum Gasteiger partial charge on any atom is -0.355 e. The number of nitrogens with zero attached hydrogens (tertiary/aromatic N) is 2. The summed E-state index contributed by atoms with van der Waals surface area (Å²) in [5.74, 6) is 0.148. The van der Waals surface area contributed by atoms with Crippen molar-refractivity contribution >= 4 is 17.7 Å². The Morgan fingerprint density at radius 1 is 1.52 bits per heavy atom. The van der Waals surface area contributed by atoms with Crippen LogP contribution in [0.15, 0.2) is 41.6 Å². The summed E-state index contributed by atoms with van der Waals surface area (Å²) in [7, 11) is 0. The summed E-state index contributed by atoms with van der Waals surface area (Å²) in [5, 5.41) is 7.20. The van der Waals surface area contributed by atoms with Crippen LogP contribution >= 0.6 is 11.8 Å². The molecule has 1 aliphatic heterocycles. The highest BCUT2D eigenvalue weighted by Crippen LogP contribution is 2.37. The van der Waals surface area contributed by atoms with E-state index in [-0.39, 0.29) is 11.2 Å². The number of fused-ring (bicyclic) bond motifs is 1. The molecular formula is C16H19N3OS. The summed E-state index contributed by atoms with van der Waals surface area (Å²) < 4.78 is 1.88. The summed E-state index contributed by atoms with van der Waals surface area (Å²) >= 11 is 1.68. The van der Waals surface area contributed by atoms with Crippen LogP contribution in [0.2, 0.25) is 0 Å². The van der Waals surface area contributed by atoms with Crippen LogP contribution < -0.4 is 5.32 Å². The summed E-state index contributed by atoms with van der Waals surface area (Å²) in [5.41, 5.74) is 2.55. The molecule has 0 radical (unpaired) electrons. The molecule has 1 aromatic heterocycles. The number of aryl methyl sites for hydroxylation is 2. The Labute approximate surface area is 128 Å². The second kappa shape index (κ2) is 6.35. The fourth-order valence-corrected chi connectivity index (χ4v) is 3.80. The summed E-state index contributed by atoms with van der Waals surface area (Å²) in [6, 6.07) is 8.34. The lowest BCUT2D eigenvalue weighted by atomic mass is 10.1. The van der Waals surface area contributed by atoms with E-state index in [4.69, 9.17) is 0 Å². The molecule has 0 saturated carbocycles. The Hall–Kier alpha value is -1.75. The maximum Gasteiger partial charge on any atom is 0.233 e. The van der Waals surface area contributed by atoms with Crippen LogP contribution in [0.25, 0.3) is 0 Å². The van der Waals surface area contributed by atoms with Gasteiger partial charge >= 0.3 is 0 Å². The first-order valence-electron chi connectivity index (χ1n) is 7.24. The number of hydrogen-bond donors (Lipinski definition) is 1. The highest BCUT2D eigenvalue weighted by atomic mass is 32.2. The number of thioether (sulfide) groups is 1. The summed E-state index contributed by atoms with van der Waals surface area (Å²) in [6.45, 7) is 3.62. The molecule has 4 nitrogen and oxygen atoms in total. The number of carbonyl (C=O) groups is 1. The lowest BCUT2D eigenvalue weighted by Gasteiger charge is -2.09. The van der Waals surface area contributed by atoms with Gasteiger partial charge in [0.15, 0.2) is 0 Å². The highest BCUT2D eigenvalue weighted by molar-refractivity contribution is 8.01. The van der Waals surface area contributed by atoms with Gasteiger partial charge in [0.05, 0.1) is 5.25 Å². The molecule has 0 bridgehead atoms. The first-order chi connectivity index (χ1) is 10.2. The molecule has 0 spiro atoms. The van der Waals surface area contributed by atoms with Crippen molar-refractivity contribution in [1.82, 2.24) is 15.1 Å². The second-order valence-electron chi connectivity index (χ2n) is 5.34. The first-order valence-corrected chi connectivity index (χ1v) is 8.11. The van der Waals surface area contributed by atoms with Crippen molar-refractivity contribution in [3.05, 3.63) is 47.8 Å². The Morgan fingerprint density at radius 2 is 2.43 bits per heavy atom. The first kappa shape index (κ1) is 14.2. The number of benzene rings is 1.